The van der Waals surface area contributed by atoms with Gasteiger partial charge in [0.2, 0.25) is 0 Å². The van der Waals surface area contributed by atoms with Crippen molar-refractivity contribution in [3.8, 4) is 0 Å². The predicted octanol–water partition coefficient (Wildman–Crippen LogP) is 3.92. The molecule has 148 valence electrons. The number of benzene rings is 2. The number of thioether (sulfide) groups is 1. The van der Waals surface area contributed by atoms with Gasteiger partial charge in [-0.15, -0.1) is 0 Å². The molecule has 0 bridgehead atoms. The van der Waals surface area contributed by atoms with Crippen LogP contribution in [0.15, 0.2) is 52.4 Å². The van der Waals surface area contributed by atoms with Crippen LogP contribution in [-0.4, -0.2) is 41.0 Å². The lowest BCUT2D eigenvalue weighted by Gasteiger charge is -2.07. The van der Waals surface area contributed by atoms with Crippen LogP contribution in [0, 0.1) is 17.0 Å². The Bertz CT molecular complexity index is 1060. The number of likely N-dealkylation sites (N-methyl/N-ethyl adjacent to an activating group) is 1. The number of nitro benzene ring substituents is 1. The standard InChI is InChI=1S/C20H17N3O5S/c1-12-4-5-13(10-16(12)23(26)27)11-17-18(24)22(2)20(29-17)21-15-8-6-14(7-9-15)19(25)28-3/h4-11H,1-3H3/b17-11+,21-20?. The first-order valence-corrected chi connectivity index (χ1v) is 9.31. The molecule has 29 heavy (non-hydrogen) atoms. The molecule has 3 rings (SSSR count). The van der Waals surface area contributed by atoms with E-state index >= 15 is 0 Å². The highest BCUT2D eigenvalue weighted by molar-refractivity contribution is 8.18. The second-order valence-corrected chi connectivity index (χ2v) is 7.22. The Morgan fingerprint density at radius 3 is 2.55 bits per heavy atom. The van der Waals surface area contributed by atoms with E-state index in [2.05, 4.69) is 9.73 Å². The van der Waals surface area contributed by atoms with Crippen molar-refractivity contribution >= 4 is 46.3 Å². The van der Waals surface area contributed by atoms with Crippen LogP contribution in [0.25, 0.3) is 6.08 Å². The number of methoxy groups -OCH3 is 1. The summed E-state index contributed by atoms with van der Waals surface area (Å²) in [7, 11) is 2.91. The number of aliphatic imine (C=N–C) groups is 1. The zero-order valence-corrected chi connectivity index (χ0v) is 16.7. The molecule has 0 unspecified atom stereocenters. The number of esters is 1. The Morgan fingerprint density at radius 2 is 1.93 bits per heavy atom. The van der Waals surface area contributed by atoms with Crippen LogP contribution in [0.1, 0.15) is 21.5 Å². The molecular weight excluding hydrogens is 394 g/mol. The summed E-state index contributed by atoms with van der Waals surface area (Å²) in [5, 5.41) is 11.6. The molecular formula is C20H17N3O5S. The van der Waals surface area contributed by atoms with Crippen LogP contribution in [0.3, 0.4) is 0 Å². The summed E-state index contributed by atoms with van der Waals surface area (Å²) in [6.07, 6.45) is 1.61. The lowest BCUT2D eigenvalue weighted by atomic mass is 10.1. The number of hydrogen-bond donors (Lipinski definition) is 0. The third-order valence-corrected chi connectivity index (χ3v) is 5.30. The fourth-order valence-corrected chi connectivity index (χ4v) is 3.60. The number of amides is 1. The number of hydrogen-bond acceptors (Lipinski definition) is 7. The van der Waals surface area contributed by atoms with Crippen LogP contribution < -0.4 is 0 Å². The highest BCUT2D eigenvalue weighted by Crippen LogP contribution is 2.33. The number of ether oxygens (including phenoxy) is 1. The summed E-state index contributed by atoms with van der Waals surface area (Å²) < 4.78 is 4.66. The zero-order valence-electron chi connectivity index (χ0n) is 15.9. The monoisotopic (exact) mass is 411 g/mol. The van der Waals surface area contributed by atoms with Crippen molar-refractivity contribution in [1.82, 2.24) is 4.90 Å². The largest absolute Gasteiger partial charge is 0.465 e. The number of carbonyl (C=O) groups excluding carboxylic acids is 2. The van der Waals surface area contributed by atoms with E-state index in [4.69, 9.17) is 0 Å². The molecule has 0 aromatic heterocycles. The van der Waals surface area contributed by atoms with E-state index in [1.807, 2.05) is 0 Å². The maximum Gasteiger partial charge on any atom is 0.337 e. The molecule has 0 spiro atoms. The molecule has 1 aliphatic heterocycles. The van der Waals surface area contributed by atoms with E-state index in [9.17, 15) is 19.7 Å². The van der Waals surface area contributed by atoms with Crippen LogP contribution in [-0.2, 0) is 9.53 Å². The van der Waals surface area contributed by atoms with Crippen LogP contribution in [0.5, 0.6) is 0 Å². The van der Waals surface area contributed by atoms with Gasteiger partial charge in [0.1, 0.15) is 0 Å². The van der Waals surface area contributed by atoms with Crippen LogP contribution in [0.2, 0.25) is 0 Å². The second kappa shape index (κ2) is 8.27. The lowest BCUT2D eigenvalue weighted by Crippen LogP contribution is -2.23. The topological polar surface area (TPSA) is 102 Å². The van der Waals surface area contributed by atoms with Gasteiger partial charge in [-0.1, -0.05) is 12.1 Å². The fourth-order valence-electron chi connectivity index (χ4n) is 2.62. The Kier molecular flexibility index (Phi) is 5.79. The summed E-state index contributed by atoms with van der Waals surface area (Å²) in [5.41, 5.74) is 2.10. The minimum absolute atomic E-state index is 0.00253. The SMILES string of the molecule is COC(=O)c1ccc(N=C2S/C(=C/c3ccc(C)c([N+](=O)[O-])c3)C(=O)N2C)cc1. The second-order valence-electron chi connectivity index (χ2n) is 6.21. The molecule has 1 saturated heterocycles. The molecule has 0 radical (unpaired) electrons. The van der Waals surface area contributed by atoms with E-state index in [0.717, 1.165) is 0 Å². The minimum atomic E-state index is -0.446. The van der Waals surface area contributed by atoms with E-state index in [1.54, 1.807) is 56.4 Å². The molecule has 0 atom stereocenters. The zero-order chi connectivity index (χ0) is 21.1. The van der Waals surface area contributed by atoms with Crippen LogP contribution >= 0.6 is 11.8 Å². The van der Waals surface area contributed by atoms with Crippen molar-refractivity contribution in [2.24, 2.45) is 4.99 Å². The summed E-state index contributed by atoms with van der Waals surface area (Å²) in [6.45, 7) is 1.66. The molecule has 1 heterocycles. The third kappa shape index (κ3) is 4.35. The molecule has 1 fully saturated rings. The molecule has 1 amide bonds. The Labute approximate surface area is 171 Å². The molecule has 0 aliphatic carbocycles. The lowest BCUT2D eigenvalue weighted by molar-refractivity contribution is -0.385. The third-order valence-electron chi connectivity index (χ3n) is 4.24. The summed E-state index contributed by atoms with van der Waals surface area (Å²) in [5.74, 6) is -0.688. The number of amidine groups is 1. The molecule has 2 aromatic carbocycles. The van der Waals surface area contributed by atoms with Crippen molar-refractivity contribution in [2.45, 2.75) is 6.92 Å². The quantitative estimate of drug-likeness (QED) is 0.327. The molecule has 1 aliphatic rings. The van der Waals surface area contributed by atoms with Crippen molar-refractivity contribution < 1.29 is 19.2 Å². The van der Waals surface area contributed by atoms with E-state index in [-0.39, 0.29) is 11.6 Å². The molecule has 8 nitrogen and oxygen atoms in total. The number of nitro groups is 1. The van der Waals surface area contributed by atoms with Gasteiger partial charge in [0, 0.05) is 18.7 Å². The van der Waals surface area contributed by atoms with Gasteiger partial charge in [-0.2, -0.15) is 0 Å². The Hall–Kier alpha value is -3.46. The normalized spacial score (nSPS) is 16.5. The summed E-state index contributed by atoms with van der Waals surface area (Å²) >= 11 is 1.18. The number of aryl methyl sites for hydroxylation is 1. The van der Waals surface area contributed by atoms with Gasteiger partial charge in [0.25, 0.3) is 11.6 Å². The highest BCUT2D eigenvalue weighted by Gasteiger charge is 2.30. The van der Waals surface area contributed by atoms with Gasteiger partial charge < -0.3 is 4.74 Å². The van der Waals surface area contributed by atoms with E-state index < -0.39 is 10.9 Å². The van der Waals surface area contributed by atoms with Gasteiger partial charge in [0.05, 0.1) is 28.2 Å². The van der Waals surface area contributed by atoms with Gasteiger partial charge in [-0.3, -0.25) is 19.8 Å². The van der Waals surface area contributed by atoms with Crippen molar-refractivity contribution in [2.75, 3.05) is 14.2 Å². The first kappa shape index (κ1) is 20.3. The molecule has 2 aromatic rings. The van der Waals surface area contributed by atoms with Gasteiger partial charge in [-0.25, -0.2) is 9.79 Å². The van der Waals surface area contributed by atoms with E-state index in [0.29, 0.717) is 32.5 Å². The maximum absolute atomic E-state index is 12.5. The number of rotatable bonds is 4. The van der Waals surface area contributed by atoms with Gasteiger partial charge >= 0.3 is 5.97 Å². The number of carbonyl (C=O) groups is 2. The first-order chi connectivity index (χ1) is 13.8. The summed E-state index contributed by atoms with van der Waals surface area (Å²) in [4.78, 5) is 41.0. The van der Waals surface area contributed by atoms with Gasteiger partial charge in [0.15, 0.2) is 5.17 Å². The summed E-state index contributed by atoms with van der Waals surface area (Å²) in [6, 6.07) is 11.3. The van der Waals surface area contributed by atoms with Crippen molar-refractivity contribution in [3.05, 3.63) is 74.2 Å². The molecule has 9 heteroatoms. The van der Waals surface area contributed by atoms with Crippen LogP contribution in [0.4, 0.5) is 11.4 Å². The minimum Gasteiger partial charge on any atom is -0.465 e. The first-order valence-electron chi connectivity index (χ1n) is 8.50. The van der Waals surface area contributed by atoms with E-state index in [1.165, 1.54) is 29.8 Å². The average molecular weight is 411 g/mol. The fraction of sp³-hybridized carbons (Fsp3) is 0.150. The van der Waals surface area contributed by atoms with Gasteiger partial charge in [-0.05, 0) is 54.6 Å². The predicted molar refractivity (Wildman–Crippen MR) is 111 cm³/mol. The highest BCUT2D eigenvalue weighted by atomic mass is 32.2. The van der Waals surface area contributed by atoms with Crippen molar-refractivity contribution in [3.63, 3.8) is 0 Å². The number of nitrogens with zero attached hydrogens (tertiary/aromatic N) is 3. The molecule has 0 saturated carbocycles. The Morgan fingerprint density at radius 1 is 1.24 bits per heavy atom. The van der Waals surface area contributed by atoms with Crippen molar-refractivity contribution in [1.29, 1.82) is 0 Å². The average Bonchev–Trinajstić information content (AvgIpc) is 2.97. The molecule has 0 N–H and O–H groups in total. The Balaban J connectivity index is 1.87. The smallest absolute Gasteiger partial charge is 0.337 e. The maximum atomic E-state index is 12.5.